The smallest absolute Gasteiger partial charge is 0.190 e. The van der Waals surface area contributed by atoms with Crippen LogP contribution in [0.5, 0.6) is 5.75 Å². The monoisotopic (exact) mass is 436 g/mol. The number of ether oxygens (including phenoxy) is 1. The molecular weight excluding hydrogens is 404 g/mol. The fraction of sp³-hybridized carbons (Fsp3) is 0.400. The fourth-order valence-corrected chi connectivity index (χ4v) is 5.07. The van der Waals surface area contributed by atoms with Crippen molar-refractivity contribution in [1.29, 1.82) is 0 Å². The average Bonchev–Trinajstić information content (AvgIpc) is 3.16. The number of hydrogen-bond donors (Lipinski definition) is 2. The summed E-state index contributed by atoms with van der Waals surface area (Å²) in [7, 11) is 3.82. The second-order valence-corrected chi connectivity index (χ2v) is 9.35. The van der Waals surface area contributed by atoms with E-state index in [2.05, 4.69) is 85.0 Å². The first-order valence-electron chi connectivity index (χ1n) is 10.9. The molecule has 1 aromatic heterocycles. The zero-order valence-corrected chi connectivity index (χ0v) is 19.6. The van der Waals surface area contributed by atoms with Gasteiger partial charge < -0.3 is 20.3 Å². The van der Waals surface area contributed by atoms with E-state index in [0.717, 1.165) is 47.3 Å². The zero-order chi connectivity index (χ0) is 21.8. The Hall–Kier alpha value is -2.41. The molecule has 6 heteroatoms. The zero-order valence-electron chi connectivity index (χ0n) is 18.8. The molecule has 2 N–H and O–H groups in total. The molecule has 0 spiro atoms. The average molecular weight is 437 g/mol. The van der Waals surface area contributed by atoms with Crippen molar-refractivity contribution in [1.82, 2.24) is 15.6 Å². The van der Waals surface area contributed by atoms with Gasteiger partial charge >= 0.3 is 0 Å². The number of nitrogens with zero attached hydrogens (tertiary/aromatic N) is 2. The SMILES string of the molecule is COc1ccc(N(C)c2nc(C)c(C)s2)cc1CN[C@H]1CCCN[C@H]1c1ccccc1. The highest BCUT2D eigenvalue weighted by atomic mass is 32.1. The minimum atomic E-state index is 0.327. The maximum atomic E-state index is 5.67. The van der Waals surface area contributed by atoms with Crippen LogP contribution in [-0.4, -0.2) is 31.7 Å². The van der Waals surface area contributed by atoms with Crippen LogP contribution in [0.15, 0.2) is 48.5 Å². The van der Waals surface area contributed by atoms with Crippen LogP contribution < -0.4 is 20.3 Å². The van der Waals surface area contributed by atoms with Gasteiger partial charge in [0.2, 0.25) is 0 Å². The third-order valence-electron chi connectivity index (χ3n) is 6.13. The number of hydrogen-bond acceptors (Lipinski definition) is 6. The molecule has 0 amide bonds. The van der Waals surface area contributed by atoms with Crippen LogP contribution in [0.3, 0.4) is 0 Å². The number of nitrogens with one attached hydrogen (secondary N) is 2. The summed E-state index contributed by atoms with van der Waals surface area (Å²) >= 11 is 1.73. The Morgan fingerprint density at radius 1 is 1.19 bits per heavy atom. The Morgan fingerprint density at radius 2 is 2.00 bits per heavy atom. The molecule has 31 heavy (non-hydrogen) atoms. The standard InChI is InChI=1S/C25H32N4OS/c1-17-18(2)31-25(28-17)29(3)21-12-13-23(30-4)20(15-21)16-27-22-11-8-14-26-24(22)19-9-6-5-7-10-19/h5-7,9-10,12-13,15,22,24,26-27H,8,11,14,16H2,1-4H3/t22-,24-/m0/s1. The molecule has 2 atom stereocenters. The molecule has 1 saturated heterocycles. The lowest BCUT2D eigenvalue weighted by molar-refractivity contribution is 0.303. The summed E-state index contributed by atoms with van der Waals surface area (Å²) in [5, 5.41) is 8.52. The predicted molar refractivity (Wildman–Crippen MR) is 130 cm³/mol. The van der Waals surface area contributed by atoms with E-state index in [4.69, 9.17) is 9.72 Å². The van der Waals surface area contributed by atoms with Gasteiger partial charge in [-0.05, 0) is 57.0 Å². The van der Waals surface area contributed by atoms with Crippen molar-refractivity contribution < 1.29 is 4.74 Å². The third-order valence-corrected chi connectivity index (χ3v) is 7.28. The summed E-state index contributed by atoms with van der Waals surface area (Å²) < 4.78 is 5.67. The lowest BCUT2D eigenvalue weighted by atomic mass is 9.92. The number of anilines is 2. The first-order chi connectivity index (χ1) is 15.1. The van der Waals surface area contributed by atoms with Crippen molar-refractivity contribution in [3.05, 3.63) is 70.2 Å². The molecule has 0 radical (unpaired) electrons. The lowest BCUT2D eigenvalue weighted by Crippen LogP contribution is -2.45. The molecule has 0 aliphatic carbocycles. The molecule has 0 unspecified atom stereocenters. The van der Waals surface area contributed by atoms with Crippen LogP contribution in [0.25, 0.3) is 0 Å². The summed E-state index contributed by atoms with van der Waals surface area (Å²) in [6.45, 7) is 6.01. The van der Waals surface area contributed by atoms with E-state index in [1.165, 1.54) is 16.9 Å². The Labute approximate surface area is 189 Å². The predicted octanol–water partition coefficient (Wildman–Crippen LogP) is 5.12. The molecule has 2 heterocycles. The Morgan fingerprint density at radius 3 is 2.71 bits per heavy atom. The van der Waals surface area contributed by atoms with E-state index < -0.39 is 0 Å². The van der Waals surface area contributed by atoms with Crippen molar-refractivity contribution in [2.24, 2.45) is 0 Å². The Kier molecular flexibility index (Phi) is 6.90. The molecule has 2 aromatic carbocycles. The van der Waals surface area contributed by atoms with Crippen molar-refractivity contribution in [3.63, 3.8) is 0 Å². The number of thiazole rings is 1. The highest BCUT2D eigenvalue weighted by Gasteiger charge is 2.26. The maximum Gasteiger partial charge on any atom is 0.190 e. The summed E-state index contributed by atoms with van der Waals surface area (Å²) in [5.74, 6) is 0.913. The molecule has 164 valence electrons. The van der Waals surface area contributed by atoms with Crippen LogP contribution in [0.2, 0.25) is 0 Å². The third kappa shape index (κ3) is 4.92. The van der Waals surface area contributed by atoms with Gasteiger partial charge in [0.05, 0.1) is 12.8 Å². The molecular formula is C25H32N4OS. The molecule has 1 aliphatic heterocycles. The first kappa shape index (κ1) is 21.8. The van der Waals surface area contributed by atoms with Crippen LogP contribution in [0.1, 0.15) is 40.6 Å². The maximum absolute atomic E-state index is 5.67. The van der Waals surface area contributed by atoms with Gasteiger partial charge in [-0.3, -0.25) is 0 Å². The van der Waals surface area contributed by atoms with Crippen LogP contribution in [-0.2, 0) is 6.54 Å². The molecule has 4 rings (SSSR count). The normalized spacial score (nSPS) is 18.7. The molecule has 5 nitrogen and oxygen atoms in total. The lowest BCUT2D eigenvalue weighted by Gasteiger charge is -2.34. The van der Waals surface area contributed by atoms with Crippen LogP contribution in [0.4, 0.5) is 10.8 Å². The molecule has 0 saturated carbocycles. The topological polar surface area (TPSA) is 49.4 Å². The summed E-state index contributed by atoms with van der Waals surface area (Å²) in [5.41, 5.74) is 4.72. The Balaban J connectivity index is 1.52. The van der Waals surface area contributed by atoms with Crippen molar-refractivity contribution >= 4 is 22.2 Å². The number of aromatic nitrogens is 1. The second kappa shape index (κ2) is 9.81. The number of methoxy groups -OCH3 is 1. The fourth-order valence-electron chi connectivity index (χ4n) is 4.18. The minimum absolute atomic E-state index is 0.327. The van der Waals surface area contributed by atoms with Crippen LogP contribution >= 0.6 is 11.3 Å². The van der Waals surface area contributed by atoms with Crippen LogP contribution in [0, 0.1) is 13.8 Å². The number of piperidine rings is 1. The number of benzene rings is 2. The van der Waals surface area contributed by atoms with Crippen molar-refractivity contribution in [2.75, 3.05) is 25.6 Å². The number of aryl methyl sites for hydroxylation is 2. The van der Waals surface area contributed by atoms with Crippen molar-refractivity contribution in [3.8, 4) is 5.75 Å². The van der Waals surface area contributed by atoms with E-state index in [1.54, 1.807) is 18.4 Å². The molecule has 1 fully saturated rings. The van der Waals surface area contributed by atoms with Gasteiger partial charge in [-0.2, -0.15) is 0 Å². The number of rotatable bonds is 7. The van der Waals surface area contributed by atoms with Gasteiger partial charge in [0.25, 0.3) is 0 Å². The van der Waals surface area contributed by atoms with Gasteiger partial charge in [0.15, 0.2) is 5.13 Å². The van der Waals surface area contributed by atoms with Gasteiger partial charge in [0.1, 0.15) is 5.75 Å². The second-order valence-electron chi connectivity index (χ2n) is 8.17. The molecule has 0 bridgehead atoms. The Bertz CT molecular complexity index is 985. The highest BCUT2D eigenvalue weighted by molar-refractivity contribution is 7.15. The quantitative estimate of drug-likeness (QED) is 0.538. The van der Waals surface area contributed by atoms with E-state index >= 15 is 0 Å². The van der Waals surface area contributed by atoms with Gasteiger partial charge in [-0.25, -0.2) is 4.98 Å². The molecule has 1 aliphatic rings. The highest BCUT2D eigenvalue weighted by Crippen LogP contribution is 2.33. The van der Waals surface area contributed by atoms with E-state index in [1.807, 2.05) is 0 Å². The van der Waals surface area contributed by atoms with Gasteiger partial charge in [-0.1, -0.05) is 30.3 Å². The first-order valence-corrected chi connectivity index (χ1v) is 11.7. The van der Waals surface area contributed by atoms with E-state index in [-0.39, 0.29) is 0 Å². The summed E-state index contributed by atoms with van der Waals surface area (Å²) in [4.78, 5) is 8.12. The largest absolute Gasteiger partial charge is 0.496 e. The van der Waals surface area contributed by atoms with E-state index in [9.17, 15) is 0 Å². The van der Waals surface area contributed by atoms with Gasteiger partial charge in [0, 0.05) is 41.8 Å². The van der Waals surface area contributed by atoms with E-state index in [0.29, 0.717) is 12.1 Å². The van der Waals surface area contributed by atoms with Gasteiger partial charge in [-0.15, -0.1) is 11.3 Å². The summed E-state index contributed by atoms with van der Waals surface area (Å²) in [6.07, 6.45) is 2.34. The summed E-state index contributed by atoms with van der Waals surface area (Å²) in [6, 6.07) is 17.8. The minimum Gasteiger partial charge on any atom is -0.496 e. The molecule has 3 aromatic rings. The van der Waals surface area contributed by atoms with Crippen molar-refractivity contribution in [2.45, 2.75) is 45.3 Å².